The quantitative estimate of drug-likeness (QED) is 0.694. The first kappa shape index (κ1) is 11.8. The molecular weight excluding hydrogens is 249 g/mol. The molecule has 5 heteroatoms. The van der Waals surface area contributed by atoms with Crippen molar-refractivity contribution in [3.63, 3.8) is 0 Å². The third-order valence-electron chi connectivity index (χ3n) is 2.82. The van der Waals surface area contributed by atoms with Crippen LogP contribution in [0.15, 0.2) is 46.9 Å². The summed E-state index contributed by atoms with van der Waals surface area (Å²) in [5.41, 5.74) is 1.73. The molecule has 4 nitrogen and oxygen atoms in total. The average molecular weight is 259 g/mol. The van der Waals surface area contributed by atoms with Crippen LogP contribution in [0.4, 0.5) is 4.39 Å². The summed E-state index contributed by atoms with van der Waals surface area (Å²) in [6, 6.07) is 10.6. The highest BCUT2D eigenvalue weighted by atomic mass is 19.1. The second-order valence-corrected chi connectivity index (χ2v) is 4.09. The first-order valence-electron chi connectivity index (χ1n) is 5.66. The van der Waals surface area contributed by atoms with Gasteiger partial charge in [0.25, 0.3) is 0 Å². The standard InChI is InChI=1S/C14H10FNO3/c15-9-6-4-8(5-7-9)13-16-12-10(14(17)18)2-1-3-11(12)19-13/h1-7,14,17-18H. The third-order valence-corrected chi connectivity index (χ3v) is 2.82. The Hall–Kier alpha value is -2.24. The number of para-hydroxylation sites is 1. The summed E-state index contributed by atoms with van der Waals surface area (Å²) in [4.78, 5) is 4.22. The van der Waals surface area contributed by atoms with E-state index in [1.54, 1.807) is 30.3 Å². The first-order valence-corrected chi connectivity index (χ1v) is 5.66. The number of hydrogen-bond donors (Lipinski definition) is 2. The Morgan fingerprint density at radius 1 is 1.05 bits per heavy atom. The van der Waals surface area contributed by atoms with Crippen molar-refractivity contribution in [2.24, 2.45) is 0 Å². The van der Waals surface area contributed by atoms with Gasteiger partial charge in [-0.15, -0.1) is 0 Å². The van der Waals surface area contributed by atoms with E-state index in [0.717, 1.165) is 0 Å². The fourth-order valence-electron chi connectivity index (χ4n) is 1.89. The summed E-state index contributed by atoms with van der Waals surface area (Å²) < 4.78 is 18.4. The number of oxazole rings is 1. The lowest BCUT2D eigenvalue weighted by molar-refractivity contribution is -0.0414. The largest absolute Gasteiger partial charge is 0.436 e. The van der Waals surface area contributed by atoms with E-state index in [4.69, 9.17) is 4.42 Å². The zero-order valence-electron chi connectivity index (χ0n) is 9.75. The van der Waals surface area contributed by atoms with Gasteiger partial charge in [-0.05, 0) is 30.3 Å². The fraction of sp³-hybridized carbons (Fsp3) is 0.0714. The Kier molecular flexibility index (Phi) is 2.77. The monoisotopic (exact) mass is 259 g/mol. The van der Waals surface area contributed by atoms with Crippen LogP contribution < -0.4 is 0 Å². The number of fused-ring (bicyclic) bond motifs is 1. The number of hydrogen-bond acceptors (Lipinski definition) is 4. The normalized spacial score (nSPS) is 11.4. The number of aliphatic hydroxyl groups excluding tert-OH is 1. The molecule has 2 N–H and O–H groups in total. The number of aliphatic hydroxyl groups is 2. The molecule has 0 aliphatic rings. The van der Waals surface area contributed by atoms with Gasteiger partial charge in [0.1, 0.15) is 11.3 Å². The molecule has 96 valence electrons. The summed E-state index contributed by atoms with van der Waals surface area (Å²) in [6.07, 6.45) is -1.62. The summed E-state index contributed by atoms with van der Waals surface area (Å²) in [5.74, 6) is -0.0329. The van der Waals surface area contributed by atoms with E-state index in [-0.39, 0.29) is 11.4 Å². The summed E-state index contributed by atoms with van der Waals surface area (Å²) in [7, 11) is 0. The molecule has 1 heterocycles. The maximum absolute atomic E-state index is 12.9. The number of rotatable bonds is 2. The maximum Gasteiger partial charge on any atom is 0.227 e. The van der Waals surface area contributed by atoms with E-state index in [1.165, 1.54) is 12.1 Å². The minimum atomic E-state index is -1.62. The van der Waals surface area contributed by atoms with E-state index < -0.39 is 6.29 Å². The van der Waals surface area contributed by atoms with Crippen LogP contribution in [0.25, 0.3) is 22.6 Å². The van der Waals surface area contributed by atoms with Crippen LogP contribution in [0.2, 0.25) is 0 Å². The Balaban J connectivity index is 2.16. The average Bonchev–Trinajstić information content (AvgIpc) is 2.82. The van der Waals surface area contributed by atoms with Gasteiger partial charge in [0.2, 0.25) is 5.89 Å². The molecule has 3 aromatic rings. The molecule has 2 aromatic carbocycles. The van der Waals surface area contributed by atoms with Crippen molar-refractivity contribution in [3.8, 4) is 11.5 Å². The van der Waals surface area contributed by atoms with Crippen molar-refractivity contribution in [2.45, 2.75) is 6.29 Å². The van der Waals surface area contributed by atoms with Crippen LogP contribution >= 0.6 is 0 Å². The molecule has 1 aromatic heterocycles. The Bertz CT molecular complexity index is 719. The zero-order chi connectivity index (χ0) is 13.4. The predicted octanol–water partition coefficient (Wildman–Crippen LogP) is 2.62. The molecule has 0 aliphatic heterocycles. The van der Waals surface area contributed by atoms with Crippen molar-refractivity contribution in [2.75, 3.05) is 0 Å². The lowest BCUT2D eigenvalue weighted by atomic mass is 10.2. The zero-order valence-corrected chi connectivity index (χ0v) is 9.75. The van der Waals surface area contributed by atoms with Crippen LogP contribution in [0, 0.1) is 5.82 Å². The third kappa shape index (κ3) is 2.09. The SMILES string of the molecule is OC(O)c1cccc2oc(-c3ccc(F)cc3)nc12. The molecule has 0 bridgehead atoms. The van der Waals surface area contributed by atoms with Gasteiger partial charge in [0.05, 0.1) is 0 Å². The van der Waals surface area contributed by atoms with Crippen molar-refractivity contribution < 1.29 is 19.0 Å². The number of halogens is 1. The van der Waals surface area contributed by atoms with Crippen molar-refractivity contribution in [1.82, 2.24) is 4.98 Å². The van der Waals surface area contributed by atoms with E-state index >= 15 is 0 Å². The van der Waals surface area contributed by atoms with E-state index in [1.807, 2.05) is 0 Å². The molecule has 3 rings (SSSR count). The van der Waals surface area contributed by atoms with Gasteiger partial charge in [-0.3, -0.25) is 0 Å². The molecule has 0 atom stereocenters. The van der Waals surface area contributed by atoms with Crippen molar-refractivity contribution >= 4 is 11.1 Å². The highest BCUT2D eigenvalue weighted by Gasteiger charge is 2.14. The van der Waals surface area contributed by atoms with Crippen molar-refractivity contribution in [1.29, 1.82) is 0 Å². The number of benzene rings is 2. The fourth-order valence-corrected chi connectivity index (χ4v) is 1.89. The Morgan fingerprint density at radius 2 is 1.79 bits per heavy atom. The van der Waals surface area contributed by atoms with E-state index in [2.05, 4.69) is 4.98 Å². The molecule has 0 aliphatic carbocycles. The molecule has 19 heavy (non-hydrogen) atoms. The number of aromatic nitrogens is 1. The lowest BCUT2D eigenvalue weighted by Crippen LogP contribution is -1.95. The molecule has 0 fully saturated rings. The van der Waals surface area contributed by atoms with E-state index in [0.29, 0.717) is 22.6 Å². The van der Waals surface area contributed by atoms with Crippen LogP contribution in [-0.4, -0.2) is 15.2 Å². The van der Waals surface area contributed by atoms with Crippen LogP contribution in [-0.2, 0) is 0 Å². The van der Waals surface area contributed by atoms with Gasteiger partial charge >= 0.3 is 0 Å². The molecule has 0 radical (unpaired) electrons. The Morgan fingerprint density at radius 3 is 2.47 bits per heavy atom. The minimum absolute atomic E-state index is 0.273. The minimum Gasteiger partial charge on any atom is -0.436 e. The second-order valence-electron chi connectivity index (χ2n) is 4.09. The van der Waals surface area contributed by atoms with Gasteiger partial charge in [-0.2, -0.15) is 0 Å². The highest BCUT2D eigenvalue weighted by Crippen LogP contribution is 2.28. The van der Waals surface area contributed by atoms with Gasteiger partial charge in [0.15, 0.2) is 11.9 Å². The van der Waals surface area contributed by atoms with E-state index in [9.17, 15) is 14.6 Å². The number of nitrogens with zero attached hydrogens (tertiary/aromatic N) is 1. The predicted molar refractivity (Wildman–Crippen MR) is 66.6 cm³/mol. The van der Waals surface area contributed by atoms with Gasteiger partial charge < -0.3 is 14.6 Å². The second kappa shape index (κ2) is 4.46. The van der Waals surface area contributed by atoms with Crippen LogP contribution in [0.3, 0.4) is 0 Å². The van der Waals surface area contributed by atoms with Crippen LogP contribution in [0.5, 0.6) is 0 Å². The van der Waals surface area contributed by atoms with Crippen LogP contribution in [0.1, 0.15) is 11.9 Å². The lowest BCUT2D eigenvalue weighted by Gasteiger charge is -2.02. The topological polar surface area (TPSA) is 66.5 Å². The van der Waals surface area contributed by atoms with Gasteiger partial charge in [-0.1, -0.05) is 12.1 Å². The van der Waals surface area contributed by atoms with Crippen molar-refractivity contribution in [3.05, 3.63) is 53.8 Å². The molecule has 0 amide bonds. The highest BCUT2D eigenvalue weighted by molar-refractivity contribution is 5.79. The van der Waals surface area contributed by atoms with Gasteiger partial charge in [-0.25, -0.2) is 9.37 Å². The molecule has 0 saturated heterocycles. The molecule has 0 unspecified atom stereocenters. The maximum atomic E-state index is 12.9. The molecule has 0 saturated carbocycles. The summed E-state index contributed by atoms with van der Waals surface area (Å²) in [5, 5.41) is 18.5. The summed E-state index contributed by atoms with van der Waals surface area (Å²) in [6.45, 7) is 0. The molecular formula is C14H10FNO3. The Labute approximate surface area is 107 Å². The molecule has 0 spiro atoms. The summed E-state index contributed by atoms with van der Waals surface area (Å²) >= 11 is 0. The first-order chi connectivity index (χ1) is 9.15. The van der Waals surface area contributed by atoms with Gasteiger partial charge in [0, 0.05) is 11.1 Å². The smallest absolute Gasteiger partial charge is 0.227 e.